The molecule has 2 N–H and O–H groups in total. The third-order valence-corrected chi connectivity index (χ3v) is 4.14. The smallest absolute Gasteiger partial charge is 0.0485 e. The van der Waals surface area contributed by atoms with Crippen LogP contribution in [0.15, 0.2) is 54.6 Å². The molecule has 0 aliphatic rings. The summed E-state index contributed by atoms with van der Waals surface area (Å²) in [4.78, 5) is 0. The lowest BCUT2D eigenvalue weighted by atomic mass is 10.1. The maximum Gasteiger partial charge on any atom is 0.0485 e. The lowest BCUT2D eigenvalue weighted by molar-refractivity contribution is 0.682. The molecule has 0 bridgehead atoms. The van der Waals surface area contributed by atoms with Crippen LogP contribution in [0.3, 0.4) is 0 Å². The van der Waals surface area contributed by atoms with Crippen molar-refractivity contribution in [2.45, 2.75) is 12.2 Å². The molecule has 0 aliphatic carbocycles. The quantitative estimate of drug-likeness (QED) is 0.839. The zero-order chi connectivity index (χ0) is 12.8. The van der Waals surface area contributed by atoms with Gasteiger partial charge in [0.2, 0.25) is 0 Å². The van der Waals surface area contributed by atoms with E-state index in [-0.39, 0.29) is 0 Å². The second-order valence-electron chi connectivity index (χ2n) is 4.22. The van der Waals surface area contributed by atoms with Gasteiger partial charge in [-0.1, -0.05) is 48.5 Å². The van der Waals surface area contributed by atoms with E-state index in [9.17, 15) is 4.21 Å². The lowest BCUT2D eigenvalue weighted by Crippen LogP contribution is -2.05. The van der Waals surface area contributed by atoms with Crippen LogP contribution >= 0.6 is 0 Å². The maximum absolute atomic E-state index is 12.0. The summed E-state index contributed by atoms with van der Waals surface area (Å²) in [6.07, 6.45) is 0.770. The van der Waals surface area contributed by atoms with E-state index in [1.165, 1.54) is 0 Å². The molecule has 2 rings (SSSR count). The van der Waals surface area contributed by atoms with Gasteiger partial charge in [-0.25, -0.2) is 0 Å². The van der Waals surface area contributed by atoms with Crippen molar-refractivity contribution >= 4 is 16.5 Å². The molecular formula is C15H17NOS. The van der Waals surface area contributed by atoms with E-state index >= 15 is 0 Å². The molecule has 0 saturated carbocycles. The van der Waals surface area contributed by atoms with Crippen LogP contribution in [-0.4, -0.2) is 9.96 Å². The Hall–Kier alpha value is -1.61. The van der Waals surface area contributed by atoms with Gasteiger partial charge in [0, 0.05) is 28.0 Å². The summed E-state index contributed by atoms with van der Waals surface area (Å²) in [6, 6.07) is 17.7. The standard InChI is InChI=1S/C15H17NOS/c16-15-9-5-4-8-14(15)10-11-18(17)12-13-6-2-1-3-7-13/h1-9H,10-12,16H2. The average Bonchev–Trinajstić information content (AvgIpc) is 2.39. The number of benzene rings is 2. The number of rotatable bonds is 5. The third kappa shape index (κ3) is 3.70. The van der Waals surface area contributed by atoms with Gasteiger partial charge in [-0.15, -0.1) is 0 Å². The van der Waals surface area contributed by atoms with Gasteiger partial charge in [0.1, 0.15) is 0 Å². The monoisotopic (exact) mass is 259 g/mol. The maximum atomic E-state index is 12.0. The molecular weight excluding hydrogens is 242 g/mol. The number of anilines is 1. The molecule has 3 heteroatoms. The van der Waals surface area contributed by atoms with Crippen molar-refractivity contribution in [2.75, 3.05) is 11.5 Å². The molecule has 1 atom stereocenters. The number of aryl methyl sites for hydroxylation is 1. The zero-order valence-electron chi connectivity index (χ0n) is 10.2. The summed E-state index contributed by atoms with van der Waals surface area (Å²) < 4.78 is 12.0. The molecule has 2 aromatic carbocycles. The predicted octanol–water partition coefficient (Wildman–Crippen LogP) is 2.76. The van der Waals surface area contributed by atoms with Gasteiger partial charge >= 0.3 is 0 Å². The van der Waals surface area contributed by atoms with Crippen LogP contribution in [0.4, 0.5) is 5.69 Å². The second-order valence-corrected chi connectivity index (χ2v) is 5.80. The topological polar surface area (TPSA) is 43.1 Å². The first kappa shape index (κ1) is 12.8. The van der Waals surface area contributed by atoms with E-state index in [2.05, 4.69) is 0 Å². The fourth-order valence-electron chi connectivity index (χ4n) is 1.82. The van der Waals surface area contributed by atoms with Gasteiger partial charge < -0.3 is 5.73 Å². The largest absolute Gasteiger partial charge is 0.399 e. The molecule has 0 amide bonds. The van der Waals surface area contributed by atoms with Crippen LogP contribution in [0.25, 0.3) is 0 Å². The van der Waals surface area contributed by atoms with Gasteiger partial charge in [-0.05, 0) is 23.6 Å². The highest BCUT2D eigenvalue weighted by atomic mass is 32.2. The minimum absolute atomic E-state index is 0.619. The molecule has 94 valence electrons. The first-order valence-electron chi connectivity index (χ1n) is 5.98. The zero-order valence-corrected chi connectivity index (χ0v) is 11.0. The summed E-state index contributed by atoms with van der Waals surface area (Å²) in [7, 11) is -0.835. The van der Waals surface area contributed by atoms with Crippen LogP contribution in [0.2, 0.25) is 0 Å². The Balaban J connectivity index is 1.88. The van der Waals surface area contributed by atoms with Gasteiger partial charge in [0.05, 0.1) is 0 Å². The molecule has 2 nitrogen and oxygen atoms in total. The highest BCUT2D eigenvalue weighted by Gasteiger charge is 2.04. The molecule has 0 heterocycles. The van der Waals surface area contributed by atoms with Crippen molar-refractivity contribution in [3.05, 3.63) is 65.7 Å². The normalized spacial score (nSPS) is 12.2. The average molecular weight is 259 g/mol. The van der Waals surface area contributed by atoms with Crippen LogP contribution in [0.5, 0.6) is 0 Å². The first-order chi connectivity index (χ1) is 8.75. The van der Waals surface area contributed by atoms with Crippen LogP contribution in [0.1, 0.15) is 11.1 Å². The highest BCUT2D eigenvalue weighted by Crippen LogP contribution is 2.12. The minimum Gasteiger partial charge on any atom is -0.399 e. The molecule has 2 aromatic rings. The highest BCUT2D eigenvalue weighted by molar-refractivity contribution is 7.84. The molecule has 0 spiro atoms. The Bertz CT molecular complexity index is 525. The molecule has 0 aliphatic heterocycles. The number of hydrogen-bond donors (Lipinski definition) is 1. The molecule has 0 saturated heterocycles. The molecule has 0 fully saturated rings. The summed E-state index contributed by atoms with van der Waals surface area (Å²) in [5.41, 5.74) is 8.85. The Morgan fingerprint density at radius 3 is 2.33 bits per heavy atom. The van der Waals surface area contributed by atoms with Gasteiger partial charge in [0.15, 0.2) is 0 Å². The van der Waals surface area contributed by atoms with Gasteiger partial charge in [0.25, 0.3) is 0 Å². The summed E-state index contributed by atoms with van der Waals surface area (Å²) >= 11 is 0. The SMILES string of the molecule is Nc1ccccc1CCS(=O)Cc1ccccc1. The molecule has 0 aromatic heterocycles. The van der Waals surface area contributed by atoms with Crippen molar-refractivity contribution in [1.82, 2.24) is 0 Å². The summed E-state index contributed by atoms with van der Waals surface area (Å²) in [6.45, 7) is 0. The predicted molar refractivity (Wildman–Crippen MR) is 77.7 cm³/mol. The van der Waals surface area contributed by atoms with Crippen LogP contribution in [0, 0.1) is 0 Å². The van der Waals surface area contributed by atoms with Crippen molar-refractivity contribution in [3.63, 3.8) is 0 Å². The first-order valence-corrected chi connectivity index (χ1v) is 7.47. The summed E-state index contributed by atoms with van der Waals surface area (Å²) in [5.74, 6) is 1.27. The van der Waals surface area contributed by atoms with Crippen molar-refractivity contribution in [3.8, 4) is 0 Å². The number of nitrogens with two attached hydrogens (primary N) is 1. The van der Waals surface area contributed by atoms with Gasteiger partial charge in [-0.2, -0.15) is 0 Å². The van der Waals surface area contributed by atoms with Gasteiger partial charge in [-0.3, -0.25) is 4.21 Å². The molecule has 18 heavy (non-hydrogen) atoms. The van der Waals surface area contributed by atoms with E-state index < -0.39 is 10.8 Å². The fourth-order valence-corrected chi connectivity index (χ4v) is 2.97. The lowest BCUT2D eigenvalue weighted by Gasteiger charge is -2.05. The Morgan fingerprint density at radius 2 is 1.61 bits per heavy atom. The minimum atomic E-state index is -0.835. The van der Waals surface area contributed by atoms with Crippen LogP contribution in [-0.2, 0) is 23.0 Å². The molecule has 1 unspecified atom stereocenters. The second kappa shape index (κ2) is 6.36. The van der Waals surface area contributed by atoms with Crippen molar-refractivity contribution in [1.29, 1.82) is 0 Å². The van der Waals surface area contributed by atoms with E-state index in [0.29, 0.717) is 11.5 Å². The Morgan fingerprint density at radius 1 is 0.944 bits per heavy atom. The number of nitrogen functional groups attached to an aromatic ring is 1. The van der Waals surface area contributed by atoms with Crippen molar-refractivity contribution < 1.29 is 4.21 Å². The van der Waals surface area contributed by atoms with E-state index in [0.717, 1.165) is 23.2 Å². The van der Waals surface area contributed by atoms with E-state index in [1.807, 2.05) is 54.6 Å². The van der Waals surface area contributed by atoms with Crippen LogP contribution < -0.4 is 5.73 Å². The Kier molecular flexibility index (Phi) is 4.53. The number of para-hydroxylation sites is 1. The van der Waals surface area contributed by atoms with Crippen molar-refractivity contribution in [2.24, 2.45) is 0 Å². The summed E-state index contributed by atoms with van der Waals surface area (Å²) in [5, 5.41) is 0. The fraction of sp³-hybridized carbons (Fsp3) is 0.200. The third-order valence-electron chi connectivity index (χ3n) is 2.82. The Labute approximate surface area is 110 Å². The van der Waals surface area contributed by atoms with E-state index in [1.54, 1.807) is 0 Å². The molecule has 0 radical (unpaired) electrons. The number of hydrogen-bond acceptors (Lipinski definition) is 2. The van der Waals surface area contributed by atoms with E-state index in [4.69, 9.17) is 5.73 Å².